The normalized spacial score (nSPS) is 26.6. The van der Waals surface area contributed by atoms with E-state index in [0.717, 1.165) is 82.4 Å². The lowest BCUT2D eigenvalue weighted by molar-refractivity contribution is -0.217. The fourth-order valence-electron chi connectivity index (χ4n) is 5.69. The molecule has 1 aliphatic carbocycles. The number of piperidine rings is 1. The third-order valence-electron chi connectivity index (χ3n) is 7.87. The van der Waals surface area contributed by atoms with Gasteiger partial charge in [0.1, 0.15) is 5.75 Å². The van der Waals surface area contributed by atoms with Crippen molar-refractivity contribution in [2.75, 3.05) is 46.6 Å². The van der Waals surface area contributed by atoms with Gasteiger partial charge in [-0.1, -0.05) is 12.1 Å². The maximum absolute atomic E-state index is 12.9. The molecule has 6 heteroatoms. The van der Waals surface area contributed by atoms with Crippen LogP contribution in [0.2, 0.25) is 0 Å². The van der Waals surface area contributed by atoms with E-state index >= 15 is 0 Å². The summed E-state index contributed by atoms with van der Waals surface area (Å²) >= 11 is 0. The third-order valence-corrected chi connectivity index (χ3v) is 7.87. The summed E-state index contributed by atoms with van der Waals surface area (Å²) in [6.45, 7) is 5.39. The summed E-state index contributed by atoms with van der Waals surface area (Å²) in [5.74, 6) is 1.84. The van der Waals surface area contributed by atoms with E-state index in [2.05, 4.69) is 4.90 Å². The van der Waals surface area contributed by atoms with E-state index in [1.165, 1.54) is 12.8 Å². The van der Waals surface area contributed by atoms with E-state index in [1.807, 2.05) is 29.2 Å². The van der Waals surface area contributed by atoms with Crippen molar-refractivity contribution in [2.45, 2.75) is 62.6 Å². The third kappa shape index (κ3) is 4.48. The van der Waals surface area contributed by atoms with Gasteiger partial charge in [-0.15, -0.1) is 0 Å². The summed E-state index contributed by atoms with van der Waals surface area (Å²) in [5.41, 5.74) is 1.19. The van der Waals surface area contributed by atoms with Crippen molar-refractivity contribution >= 4 is 5.91 Å². The Morgan fingerprint density at radius 2 is 1.94 bits per heavy atom. The number of rotatable bonds is 7. The lowest BCUT2D eigenvalue weighted by atomic mass is 9.73. The molecule has 31 heavy (non-hydrogen) atoms. The van der Waals surface area contributed by atoms with E-state index in [4.69, 9.17) is 14.2 Å². The Bertz CT molecular complexity index is 767. The Morgan fingerprint density at radius 3 is 2.65 bits per heavy atom. The second-order valence-corrected chi connectivity index (χ2v) is 9.77. The molecule has 1 saturated carbocycles. The molecule has 6 nitrogen and oxygen atoms in total. The quantitative estimate of drug-likeness (QED) is 0.669. The SMILES string of the molecule is COc1cccc(CC(=O)N2CCC(N3CC(OCC4CC4)C34CCOCC4)CC2)c1. The Balaban J connectivity index is 1.15. The highest BCUT2D eigenvalue weighted by Gasteiger charge is 2.57. The molecule has 4 aliphatic rings. The lowest BCUT2D eigenvalue weighted by Gasteiger charge is -2.63. The molecule has 1 atom stereocenters. The molecule has 0 bridgehead atoms. The molecule has 3 heterocycles. The van der Waals surface area contributed by atoms with Crippen LogP contribution in [0.5, 0.6) is 5.75 Å². The number of carbonyl (C=O) groups excluding carboxylic acids is 1. The van der Waals surface area contributed by atoms with Gasteiger partial charge in [-0.2, -0.15) is 0 Å². The number of hydrogen-bond donors (Lipinski definition) is 0. The van der Waals surface area contributed by atoms with Crippen molar-refractivity contribution in [1.82, 2.24) is 9.80 Å². The van der Waals surface area contributed by atoms with Gasteiger partial charge in [-0.3, -0.25) is 9.69 Å². The maximum Gasteiger partial charge on any atom is 0.226 e. The minimum atomic E-state index is 0.171. The molecule has 1 spiro atoms. The van der Waals surface area contributed by atoms with E-state index in [0.29, 0.717) is 18.6 Å². The summed E-state index contributed by atoms with van der Waals surface area (Å²) < 4.78 is 17.4. The number of ether oxygens (including phenoxy) is 3. The first-order chi connectivity index (χ1) is 15.2. The molecular formula is C25H36N2O4. The number of benzene rings is 1. The fourth-order valence-corrected chi connectivity index (χ4v) is 5.69. The van der Waals surface area contributed by atoms with Crippen molar-refractivity contribution in [3.05, 3.63) is 29.8 Å². The van der Waals surface area contributed by atoms with Gasteiger partial charge in [0, 0.05) is 45.5 Å². The number of carbonyl (C=O) groups is 1. The van der Waals surface area contributed by atoms with Crippen LogP contribution < -0.4 is 4.74 Å². The summed E-state index contributed by atoms with van der Waals surface area (Å²) in [6.07, 6.45) is 7.77. The van der Waals surface area contributed by atoms with Gasteiger partial charge in [0.25, 0.3) is 0 Å². The molecule has 1 amide bonds. The first kappa shape index (κ1) is 21.2. The van der Waals surface area contributed by atoms with Crippen LogP contribution in [0.1, 0.15) is 44.1 Å². The minimum Gasteiger partial charge on any atom is -0.497 e. The standard InChI is InChI=1S/C25H36N2O4/c1-29-22-4-2-3-20(15-22)16-24(28)26-11-7-21(8-12-26)27-17-23(31-18-19-5-6-19)25(27)9-13-30-14-10-25/h2-4,15,19,21,23H,5-14,16-18H2,1H3. The van der Waals surface area contributed by atoms with E-state index in [1.54, 1.807) is 7.11 Å². The van der Waals surface area contributed by atoms with Crippen LogP contribution in [0.25, 0.3) is 0 Å². The zero-order valence-electron chi connectivity index (χ0n) is 18.8. The molecule has 5 rings (SSSR count). The summed E-state index contributed by atoms with van der Waals surface area (Å²) in [6, 6.07) is 8.39. The molecule has 3 aliphatic heterocycles. The predicted molar refractivity (Wildman–Crippen MR) is 118 cm³/mol. The monoisotopic (exact) mass is 428 g/mol. The molecule has 0 N–H and O–H groups in total. The smallest absolute Gasteiger partial charge is 0.226 e. The van der Waals surface area contributed by atoms with Gasteiger partial charge in [0.05, 0.1) is 25.2 Å². The van der Waals surface area contributed by atoms with Crippen LogP contribution in [0.3, 0.4) is 0 Å². The van der Waals surface area contributed by atoms with Crippen molar-refractivity contribution in [3.63, 3.8) is 0 Å². The van der Waals surface area contributed by atoms with Crippen LogP contribution in [0.15, 0.2) is 24.3 Å². The number of methoxy groups -OCH3 is 1. The first-order valence-electron chi connectivity index (χ1n) is 12.0. The van der Waals surface area contributed by atoms with Gasteiger partial charge in [0.2, 0.25) is 5.91 Å². The van der Waals surface area contributed by atoms with Crippen LogP contribution in [-0.2, 0) is 20.7 Å². The second-order valence-electron chi connectivity index (χ2n) is 9.77. The lowest BCUT2D eigenvalue weighted by Crippen LogP contribution is -2.76. The van der Waals surface area contributed by atoms with Crippen molar-refractivity contribution in [1.29, 1.82) is 0 Å². The zero-order chi connectivity index (χ0) is 21.3. The van der Waals surface area contributed by atoms with E-state index < -0.39 is 0 Å². The zero-order valence-corrected chi connectivity index (χ0v) is 18.8. The molecule has 1 unspecified atom stereocenters. The summed E-state index contributed by atoms with van der Waals surface area (Å²) in [7, 11) is 1.66. The molecule has 4 fully saturated rings. The van der Waals surface area contributed by atoms with Crippen molar-refractivity contribution < 1.29 is 19.0 Å². The van der Waals surface area contributed by atoms with Crippen molar-refractivity contribution in [2.24, 2.45) is 5.92 Å². The highest BCUT2D eigenvalue weighted by molar-refractivity contribution is 5.79. The summed E-state index contributed by atoms with van der Waals surface area (Å²) in [5, 5.41) is 0. The van der Waals surface area contributed by atoms with E-state index in [-0.39, 0.29) is 11.4 Å². The molecule has 1 aromatic rings. The second kappa shape index (κ2) is 9.08. The average Bonchev–Trinajstić information content (AvgIpc) is 3.64. The Kier molecular flexibility index (Phi) is 6.22. The van der Waals surface area contributed by atoms with Crippen molar-refractivity contribution in [3.8, 4) is 5.75 Å². The highest BCUT2D eigenvalue weighted by Crippen LogP contribution is 2.45. The Labute approximate surface area is 185 Å². The van der Waals surface area contributed by atoms with Gasteiger partial charge < -0.3 is 19.1 Å². The number of nitrogens with zero attached hydrogens (tertiary/aromatic N) is 2. The molecule has 3 saturated heterocycles. The van der Waals surface area contributed by atoms with Crippen LogP contribution in [-0.4, -0.2) is 80.0 Å². The minimum absolute atomic E-state index is 0.171. The fraction of sp³-hybridized carbons (Fsp3) is 0.720. The molecule has 0 radical (unpaired) electrons. The molecule has 170 valence electrons. The largest absolute Gasteiger partial charge is 0.497 e. The Morgan fingerprint density at radius 1 is 1.16 bits per heavy atom. The van der Waals surface area contributed by atoms with Gasteiger partial charge in [0.15, 0.2) is 0 Å². The van der Waals surface area contributed by atoms with Gasteiger partial charge in [-0.25, -0.2) is 0 Å². The first-order valence-corrected chi connectivity index (χ1v) is 12.0. The predicted octanol–water partition coefficient (Wildman–Crippen LogP) is 2.89. The van der Waals surface area contributed by atoms with Crippen LogP contribution in [0, 0.1) is 5.92 Å². The maximum atomic E-state index is 12.9. The molecule has 1 aromatic carbocycles. The number of amides is 1. The molecule has 0 aromatic heterocycles. The highest BCUT2D eigenvalue weighted by atomic mass is 16.5. The molecular weight excluding hydrogens is 392 g/mol. The average molecular weight is 429 g/mol. The Hall–Kier alpha value is -1.63. The topological polar surface area (TPSA) is 51.2 Å². The number of hydrogen-bond acceptors (Lipinski definition) is 5. The van der Waals surface area contributed by atoms with Crippen LogP contribution in [0.4, 0.5) is 0 Å². The van der Waals surface area contributed by atoms with Gasteiger partial charge in [-0.05, 0) is 62.1 Å². The number of likely N-dealkylation sites (tertiary alicyclic amines) is 2. The summed E-state index contributed by atoms with van der Waals surface area (Å²) in [4.78, 5) is 17.6. The van der Waals surface area contributed by atoms with Crippen LogP contribution >= 0.6 is 0 Å². The van der Waals surface area contributed by atoms with Gasteiger partial charge >= 0.3 is 0 Å². The van der Waals surface area contributed by atoms with E-state index in [9.17, 15) is 4.79 Å².